The average Bonchev–Trinajstić information content (AvgIpc) is 3.25. The molecule has 0 radical (unpaired) electrons. The first kappa shape index (κ1) is 20.7. The Morgan fingerprint density at radius 1 is 1.16 bits per heavy atom. The number of aryl methyl sites for hydroxylation is 1. The number of hydrogen-bond acceptors (Lipinski definition) is 7. The summed E-state index contributed by atoms with van der Waals surface area (Å²) in [6.45, 7) is 3.93. The molecule has 0 aliphatic rings. The second-order valence-corrected chi connectivity index (χ2v) is 8.01. The van der Waals surface area contributed by atoms with Gasteiger partial charge in [0.25, 0.3) is 5.91 Å². The molecule has 2 aromatic heterocycles. The number of fused-ring (bicyclic) bond motifs is 1. The van der Waals surface area contributed by atoms with Gasteiger partial charge < -0.3 is 15.4 Å². The van der Waals surface area contributed by atoms with Crippen LogP contribution in [0.5, 0.6) is 5.75 Å². The molecule has 0 aliphatic heterocycles. The highest BCUT2D eigenvalue weighted by Crippen LogP contribution is 2.28. The van der Waals surface area contributed by atoms with E-state index in [0.29, 0.717) is 11.6 Å². The Labute approximate surface area is 184 Å². The van der Waals surface area contributed by atoms with Gasteiger partial charge in [-0.25, -0.2) is 15.0 Å². The predicted molar refractivity (Wildman–Crippen MR) is 123 cm³/mol. The van der Waals surface area contributed by atoms with Gasteiger partial charge in [0.2, 0.25) is 0 Å². The van der Waals surface area contributed by atoms with Crippen molar-refractivity contribution in [2.75, 3.05) is 19.0 Å². The molecule has 1 atom stereocenters. The standard InChI is InChI=1S/C23H23N5O2S/c1-14(16-5-4-6-18(9-16)30-12-23(29)24-3)26-22-11-20(27-15(2)28-22)17-7-8-19-21(10-17)31-13-25-19/h4-11,13-14H,12H2,1-3H3,(H,24,29)(H,26,27,28). The number of rotatable bonds is 7. The van der Waals surface area contributed by atoms with Crippen molar-refractivity contribution in [2.24, 2.45) is 0 Å². The van der Waals surface area contributed by atoms with Crippen LogP contribution in [0, 0.1) is 6.92 Å². The van der Waals surface area contributed by atoms with E-state index in [1.54, 1.807) is 18.4 Å². The van der Waals surface area contributed by atoms with Crippen LogP contribution in [0.1, 0.15) is 24.4 Å². The van der Waals surface area contributed by atoms with Crippen LogP contribution in [0.4, 0.5) is 5.82 Å². The third-order valence-electron chi connectivity index (χ3n) is 4.84. The first-order chi connectivity index (χ1) is 15.0. The van der Waals surface area contributed by atoms with E-state index >= 15 is 0 Å². The summed E-state index contributed by atoms with van der Waals surface area (Å²) in [5.74, 6) is 1.92. The number of benzene rings is 2. The van der Waals surface area contributed by atoms with Gasteiger partial charge in [0.15, 0.2) is 6.61 Å². The van der Waals surface area contributed by atoms with Crippen LogP contribution in [0.25, 0.3) is 21.5 Å². The number of carbonyl (C=O) groups is 1. The van der Waals surface area contributed by atoms with E-state index in [1.807, 2.05) is 54.9 Å². The monoisotopic (exact) mass is 433 g/mol. The zero-order chi connectivity index (χ0) is 21.8. The molecule has 2 aromatic carbocycles. The Morgan fingerprint density at radius 2 is 2.03 bits per heavy atom. The molecule has 31 heavy (non-hydrogen) atoms. The molecule has 0 bridgehead atoms. The first-order valence-electron chi connectivity index (χ1n) is 9.91. The van der Waals surface area contributed by atoms with E-state index in [2.05, 4.69) is 38.6 Å². The smallest absolute Gasteiger partial charge is 0.257 e. The Balaban J connectivity index is 1.53. The van der Waals surface area contributed by atoms with Gasteiger partial charge in [0.05, 0.1) is 27.5 Å². The third kappa shape index (κ3) is 4.97. The number of carbonyl (C=O) groups excluding carboxylic acids is 1. The summed E-state index contributed by atoms with van der Waals surface area (Å²) >= 11 is 1.61. The summed E-state index contributed by atoms with van der Waals surface area (Å²) in [5.41, 5.74) is 5.76. The fourth-order valence-corrected chi connectivity index (χ4v) is 3.92. The molecule has 0 aliphatic carbocycles. The van der Waals surface area contributed by atoms with Crippen LogP contribution in [-0.2, 0) is 4.79 Å². The van der Waals surface area contributed by atoms with Crippen molar-refractivity contribution in [3.63, 3.8) is 0 Å². The normalized spacial score (nSPS) is 11.8. The lowest BCUT2D eigenvalue weighted by molar-refractivity contribution is -0.122. The van der Waals surface area contributed by atoms with Crippen LogP contribution in [-0.4, -0.2) is 34.5 Å². The van der Waals surface area contributed by atoms with E-state index < -0.39 is 0 Å². The van der Waals surface area contributed by atoms with Gasteiger partial charge >= 0.3 is 0 Å². The van der Waals surface area contributed by atoms with Gasteiger partial charge in [0, 0.05) is 18.7 Å². The Morgan fingerprint density at radius 3 is 2.87 bits per heavy atom. The number of ether oxygens (including phenoxy) is 1. The molecule has 0 fully saturated rings. The summed E-state index contributed by atoms with van der Waals surface area (Å²) in [6, 6.07) is 15.8. The Kier molecular flexibility index (Phi) is 6.08. The van der Waals surface area contributed by atoms with Crippen LogP contribution < -0.4 is 15.4 Å². The average molecular weight is 434 g/mol. The molecule has 4 aromatic rings. The molecule has 1 unspecified atom stereocenters. The van der Waals surface area contributed by atoms with E-state index in [4.69, 9.17) is 4.74 Å². The molecule has 0 spiro atoms. The first-order valence-corrected chi connectivity index (χ1v) is 10.8. The van der Waals surface area contributed by atoms with Gasteiger partial charge in [-0.15, -0.1) is 11.3 Å². The molecule has 2 N–H and O–H groups in total. The lowest BCUT2D eigenvalue weighted by atomic mass is 10.1. The number of nitrogens with zero attached hydrogens (tertiary/aromatic N) is 3. The van der Waals surface area contributed by atoms with Crippen molar-refractivity contribution >= 4 is 33.3 Å². The minimum absolute atomic E-state index is 0.0136. The molecule has 158 valence electrons. The lowest BCUT2D eigenvalue weighted by Crippen LogP contribution is -2.24. The SMILES string of the molecule is CNC(=O)COc1cccc(C(C)Nc2cc(-c3ccc4ncsc4c3)nc(C)n2)c1. The van der Waals surface area contributed by atoms with Crippen molar-refractivity contribution in [3.8, 4) is 17.0 Å². The summed E-state index contributed by atoms with van der Waals surface area (Å²) in [7, 11) is 1.58. The highest BCUT2D eigenvalue weighted by atomic mass is 32.1. The maximum absolute atomic E-state index is 11.4. The van der Waals surface area contributed by atoms with Gasteiger partial charge in [-0.05, 0) is 43.7 Å². The molecular weight excluding hydrogens is 410 g/mol. The summed E-state index contributed by atoms with van der Waals surface area (Å²) < 4.78 is 6.68. The molecule has 2 heterocycles. The molecule has 0 saturated heterocycles. The van der Waals surface area contributed by atoms with Crippen molar-refractivity contribution in [1.29, 1.82) is 0 Å². The zero-order valence-electron chi connectivity index (χ0n) is 17.5. The van der Waals surface area contributed by atoms with Gasteiger partial charge in [-0.1, -0.05) is 18.2 Å². The zero-order valence-corrected chi connectivity index (χ0v) is 18.4. The number of nitrogens with one attached hydrogen (secondary N) is 2. The fraction of sp³-hybridized carbons (Fsp3) is 0.217. The van der Waals surface area contributed by atoms with Crippen LogP contribution in [0.3, 0.4) is 0 Å². The van der Waals surface area contributed by atoms with Gasteiger partial charge in [0.1, 0.15) is 17.4 Å². The highest BCUT2D eigenvalue weighted by molar-refractivity contribution is 7.16. The van der Waals surface area contributed by atoms with E-state index in [-0.39, 0.29) is 18.6 Å². The fourth-order valence-electron chi connectivity index (χ4n) is 3.20. The van der Waals surface area contributed by atoms with Crippen molar-refractivity contribution in [2.45, 2.75) is 19.9 Å². The van der Waals surface area contributed by atoms with Crippen LogP contribution in [0.15, 0.2) is 54.0 Å². The molecule has 4 rings (SSSR count). The molecule has 1 amide bonds. The third-order valence-corrected chi connectivity index (χ3v) is 5.63. The number of thiazole rings is 1. The van der Waals surface area contributed by atoms with Crippen LogP contribution >= 0.6 is 11.3 Å². The minimum Gasteiger partial charge on any atom is -0.484 e. The van der Waals surface area contributed by atoms with Crippen molar-refractivity contribution in [1.82, 2.24) is 20.3 Å². The number of anilines is 1. The van der Waals surface area contributed by atoms with Crippen LogP contribution in [0.2, 0.25) is 0 Å². The minimum atomic E-state index is -0.169. The quantitative estimate of drug-likeness (QED) is 0.450. The Hall–Kier alpha value is -3.52. The van der Waals surface area contributed by atoms with Gasteiger partial charge in [-0.3, -0.25) is 4.79 Å². The summed E-state index contributed by atoms with van der Waals surface area (Å²) in [4.78, 5) is 24.9. The van der Waals surface area contributed by atoms with E-state index in [9.17, 15) is 4.79 Å². The van der Waals surface area contributed by atoms with Gasteiger partial charge in [-0.2, -0.15) is 0 Å². The number of hydrogen-bond donors (Lipinski definition) is 2. The number of likely N-dealkylation sites (N-methyl/N-ethyl adjacent to an activating group) is 1. The molecule has 0 saturated carbocycles. The predicted octanol–water partition coefficient (Wildman–Crippen LogP) is 4.36. The lowest BCUT2D eigenvalue weighted by Gasteiger charge is -2.17. The van der Waals surface area contributed by atoms with Crippen molar-refractivity contribution in [3.05, 3.63) is 65.4 Å². The summed E-state index contributed by atoms with van der Waals surface area (Å²) in [6.07, 6.45) is 0. The second kappa shape index (κ2) is 9.09. The largest absolute Gasteiger partial charge is 0.484 e. The summed E-state index contributed by atoms with van der Waals surface area (Å²) in [5, 5.41) is 5.99. The topological polar surface area (TPSA) is 89.0 Å². The second-order valence-electron chi connectivity index (χ2n) is 7.12. The number of aromatic nitrogens is 3. The molecular formula is C23H23N5O2S. The van der Waals surface area contributed by atoms with E-state index in [0.717, 1.165) is 32.9 Å². The highest BCUT2D eigenvalue weighted by Gasteiger charge is 2.11. The maximum Gasteiger partial charge on any atom is 0.257 e. The maximum atomic E-state index is 11.4. The van der Waals surface area contributed by atoms with Crippen molar-refractivity contribution < 1.29 is 9.53 Å². The Bertz CT molecular complexity index is 1220. The molecule has 7 nitrogen and oxygen atoms in total. The number of amides is 1. The van der Waals surface area contributed by atoms with E-state index in [1.165, 1.54) is 0 Å². The molecule has 8 heteroatoms.